The first-order valence-corrected chi connectivity index (χ1v) is 14.1. The van der Waals surface area contributed by atoms with Gasteiger partial charge in [0.25, 0.3) is 5.91 Å². The van der Waals surface area contributed by atoms with Gasteiger partial charge >= 0.3 is 0 Å². The number of hydrogen-bond acceptors (Lipinski definition) is 4. The maximum absolute atomic E-state index is 13.2. The third-order valence-corrected chi connectivity index (χ3v) is 7.85. The Morgan fingerprint density at radius 1 is 1.27 bits per heavy atom. The van der Waals surface area contributed by atoms with Gasteiger partial charge in [-0.2, -0.15) is 5.26 Å². The number of nitrogens with one attached hydrogen (secondary N) is 1. The van der Waals surface area contributed by atoms with Gasteiger partial charge in [-0.1, -0.05) is 56.7 Å². The first-order chi connectivity index (χ1) is 19.3. The molecule has 0 aliphatic carbocycles. The highest BCUT2D eigenvalue weighted by Crippen LogP contribution is 2.30. The van der Waals surface area contributed by atoms with E-state index < -0.39 is 0 Å². The molecule has 0 spiro atoms. The van der Waals surface area contributed by atoms with E-state index in [4.69, 9.17) is 11.6 Å². The highest BCUT2D eigenvalue weighted by molar-refractivity contribution is 6.32. The van der Waals surface area contributed by atoms with E-state index >= 15 is 0 Å². The van der Waals surface area contributed by atoms with Crippen LogP contribution < -0.4 is 15.9 Å². The van der Waals surface area contributed by atoms with E-state index in [0.29, 0.717) is 53.5 Å². The first kappa shape index (κ1) is 27.4. The van der Waals surface area contributed by atoms with Crippen LogP contribution in [-0.2, 0) is 17.9 Å². The number of benzene rings is 1. The lowest BCUT2D eigenvalue weighted by atomic mass is 10.0. The van der Waals surface area contributed by atoms with Crippen LogP contribution >= 0.6 is 11.6 Å². The lowest BCUT2D eigenvalue weighted by Crippen LogP contribution is -2.45. The molecule has 40 heavy (non-hydrogen) atoms. The molecule has 4 heterocycles. The zero-order valence-electron chi connectivity index (χ0n) is 22.8. The summed E-state index contributed by atoms with van der Waals surface area (Å²) < 4.78 is 2.22. The number of piperidine rings is 1. The third-order valence-electron chi connectivity index (χ3n) is 7.56. The van der Waals surface area contributed by atoms with Gasteiger partial charge in [-0.15, -0.1) is 0 Å². The topological polar surface area (TPSA) is 91.0 Å². The summed E-state index contributed by atoms with van der Waals surface area (Å²) in [6.07, 6.45) is 9.44. The molecule has 2 aromatic heterocycles. The molecule has 2 aliphatic rings. The van der Waals surface area contributed by atoms with Gasteiger partial charge < -0.3 is 14.8 Å². The maximum Gasteiger partial charge on any atom is 0.255 e. The molecule has 1 atom stereocenters. The molecule has 0 saturated carbocycles. The summed E-state index contributed by atoms with van der Waals surface area (Å²) in [4.78, 5) is 31.3. The van der Waals surface area contributed by atoms with Gasteiger partial charge in [-0.25, -0.2) is 0 Å². The van der Waals surface area contributed by atoms with Crippen LogP contribution in [0.5, 0.6) is 0 Å². The molecule has 0 bridgehead atoms. The molecule has 2 aliphatic heterocycles. The largest absolute Gasteiger partial charge is 0.343 e. The Balaban J connectivity index is 1.49. The van der Waals surface area contributed by atoms with Crippen LogP contribution in [0.2, 0.25) is 5.02 Å². The van der Waals surface area contributed by atoms with Crippen molar-refractivity contribution in [1.29, 1.82) is 5.26 Å². The standard InChI is InChI=1S/C32H32ClN5O2/c1-4-6-26(31-27(33)15-22(16-34)17-35-31)25-12-13-37(29(25)7-5-2)18-21-8-9-24-23(14-21)19-38(32(24)40)28-10-11-30(39)36-20(28)3/h7-9,12-15,17,28H,3-6,10-11,18-19H2,1-2H3,(H,36,39)/b26-25+,29-7+. The normalized spacial score (nSPS) is 18.1. The summed E-state index contributed by atoms with van der Waals surface area (Å²) in [5.74, 6) is -0.0623. The number of amides is 2. The number of carbonyl (C=O) groups is 2. The van der Waals surface area contributed by atoms with Gasteiger partial charge in [0.2, 0.25) is 5.91 Å². The second-order valence-corrected chi connectivity index (χ2v) is 10.7. The van der Waals surface area contributed by atoms with Gasteiger partial charge in [0.15, 0.2) is 0 Å². The summed E-state index contributed by atoms with van der Waals surface area (Å²) >= 11 is 6.60. The summed E-state index contributed by atoms with van der Waals surface area (Å²) in [5.41, 5.74) is 5.60. The fraction of sp³-hybridized carbons (Fsp3) is 0.312. The number of nitriles is 1. The van der Waals surface area contributed by atoms with Gasteiger partial charge in [0.05, 0.1) is 22.3 Å². The van der Waals surface area contributed by atoms with E-state index in [0.717, 1.165) is 46.5 Å². The fourth-order valence-corrected chi connectivity index (χ4v) is 5.98. The molecule has 7 nitrogen and oxygen atoms in total. The van der Waals surface area contributed by atoms with Crippen LogP contribution in [0.25, 0.3) is 11.6 Å². The monoisotopic (exact) mass is 553 g/mol. The second-order valence-electron chi connectivity index (χ2n) is 10.3. The summed E-state index contributed by atoms with van der Waals surface area (Å²) in [5, 5.41) is 14.7. The highest BCUT2D eigenvalue weighted by atomic mass is 35.5. The van der Waals surface area contributed by atoms with Crippen LogP contribution in [0.1, 0.15) is 78.7 Å². The SMILES string of the molecule is C=C1NC(=O)CCC1N1Cc2cc(Cn3ccc(=C(/CCC)c4ncc(C#N)cc4Cl)/c3=C\CC)ccc2C1=O. The van der Waals surface area contributed by atoms with Crippen molar-refractivity contribution in [3.05, 3.63) is 98.5 Å². The van der Waals surface area contributed by atoms with Gasteiger partial charge in [-0.05, 0) is 54.2 Å². The quantitative estimate of drug-likeness (QED) is 0.470. The molecule has 1 fully saturated rings. The smallest absolute Gasteiger partial charge is 0.255 e. The molecule has 1 saturated heterocycles. The second kappa shape index (κ2) is 11.5. The van der Waals surface area contributed by atoms with Crippen LogP contribution in [0.4, 0.5) is 0 Å². The Bertz CT molecular complexity index is 1680. The van der Waals surface area contributed by atoms with Crippen molar-refractivity contribution < 1.29 is 9.59 Å². The summed E-state index contributed by atoms with van der Waals surface area (Å²) in [6.45, 7) is 9.39. The van der Waals surface area contributed by atoms with E-state index in [-0.39, 0.29) is 17.9 Å². The molecule has 0 radical (unpaired) electrons. The maximum atomic E-state index is 13.2. The molecule has 1 unspecified atom stereocenters. The van der Waals surface area contributed by atoms with Gasteiger partial charge in [0, 0.05) is 53.7 Å². The number of hydrogen-bond donors (Lipinski definition) is 1. The number of aromatic nitrogens is 2. The number of fused-ring (bicyclic) bond motifs is 1. The number of rotatable bonds is 7. The van der Waals surface area contributed by atoms with Crippen molar-refractivity contribution in [1.82, 2.24) is 19.8 Å². The zero-order valence-corrected chi connectivity index (χ0v) is 23.6. The molecule has 1 N–H and O–H groups in total. The minimum absolute atomic E-state index is 0.0160. The Hall–Kier alpha value is -4.15. The molecule has 2 amide bonds. The van der Waals surface area contributed by atoms with E-state index in [9.17, 15) is 14.9 Å². The third kappa shape index (κ3) is 5.20. The number of pyridine rings is 1. The Labute approximate surface area is 239 Å². The molecular formula is C32H32ClN5O2. The van der Waals surface area contributed by atoms with Crippen LogP contribution in [0, 0.1) is 11.3 Å². The van der Waals surface area contributed by atoms with Crippen molar-refractivity contribution in [3.63, 3.8) is 0 Å². The van der Waals surface area contributed by atoms with Crippen molar-refractivity contribution in [2.45, 2.75) is 65.1 Å². The number of carbonyl (C=O) groups excluding carboxylic acids is 2. The predicted octanol–water partition coefficient (Wildman–Crippen LogP) is 4.39. The number of nitrogens with zero attached hydrogens (tertiary/aromatic N) is 4. The van der Waals surface area contributed by atoms with E-state index in [1.165, 1.54) is 0 Å². The minimum Gasteiger partial charge on any atom is -0.343 e. The molecule has 5 rings (SSSR count). The predicted molar refractivity (Wildman–Crippen MR) is 156 cm³/mol. The Morgan fingerprint density at radius 2 is 2.10 bits per heavy atom. The van der Waals surface area contributed by atoms with Crippen molar-refractivity contribution in [2.24, 2.45) is 0 Å². The zero-order chi connectivity index (χ0) is 28.4. The van der Waals surface area contributed by atoms with Crippen molar-refractivity contribution in [3.8, 4) is 6.07 Å². The van der Waals surface area contributed by atoms with E-state index in [1.807, 2.05) is 17.0 Å². The summed E-state index contributed by atoms with van der Waals surface area (Å²) in [6, 6.07) is 11.8. The molecule has 8 heteroatoms. The van der Waals surface area contributed by atoms with E-state index in [1.54, 1.807) is 12.3 Å². The highest BCUT2D eigenvalue weighted by Gasteiger charge is 2.36. The lowest BCUT2D eigenvalue weighted by Gasteiger charge is -2.32. The first-order valence-electron chi connectivity index (χ1n) is 13.7. The van der Waals surface area contributed by atoms with Crippen LogP contribution in [0.3, 0.4) is 0 Å². The molecule has 204 valence electrons. The number of halogens is 1. The average molecular weight is 554 g/mol. The van der Waals surface area contributed by atoms with Crippen molar-refractivity contribution in [2.75, 3.05) is 0 Å². The van der Waals surface area contributed by atoms with Gasteiger partial charge in [0.1, 0.15) is 6.07 Å². The van der Waals surface area contributed by atoms with Crippen molar-refractivity contribution >= 4 is 35.1 Å². The fourth-order valence-electron chi connectivity index (χ4n) is 5.70. The van der Waals surface area contributed by atoms with Gasteiger partial charge in [-0.3, -0.25) is 14.6 Å². The Kier molecular flexibility index (Phi) is 7.90. The molecule has 1 aromatic carbocycles. The molecular weight excluding hydrogens is 522 g/mol. The van der Waals surface area contributed by atoms with E-state index in [2.05, 4.69) is 65.8 Å². The average Bonchev–Trinajstić information content (AvgIpc) is 3.47. The van der Waals surface area contributed by atoms with Crippen LogP contribution in [-0.4, -0.2) is 32.3 Å². The van der Waals surface area contributed by atoms with Crippen LogP contribution in [0.15, 0.2) is 55.0 Å². The minimum atomic E-state index is -0.186. The summed E-state index contributed by atoms with van der Waals surface area (Å²) in [7, 11) is 0. The lowest BCUT2D eigenvalue weighted by molar-refractivity contribution is -0.121. The Morgan fingerprint density at radius 3 is 2.80 bits per heavy atom. The molecule has 3 aromatic rings.